The second-order valence-corrected chi connectivity index (χ2v) is 3.65. The van der Waals surface area contributed by atoms with E-state index in [-0.39, 0.29) is 5.91 Å². The third kappa shape index (κ3) is 2.85. The molecule has 1 rings (SSSR count). The average molecular weight is 209 g/mol. The van der Waals surface area contributed by atoms with Gasteiger partial charge in [-0.05, 0) is 38.1 Å². The number of amides is 1. The molecular weight excluding hydrogens is 194 g/mol. The van der Waals surface area contributed by atoms with Crippen molar-refractivity contribution in [2.45, 2.75) is 19.4 Å². The van der Waals surface area contributed by atoms with Crippen LogP contribution in [0.2, 0.25) is 0 Å². The number of nitrogens with one attached hydrogen (secondary N) is 1. The smallest absolute Gasteiger partial charge is 0.277 e. The Morgan fingerprint density at radius 3 is 2.33 bits per heavy atom. The fraction of sp³-hybridized carbons (Fsp3) is 0.300. The third-order valence-electron chi connectivity index (χ3n) is 1.93. The van der Waals surface area contributed by atoms with Crippen molar-refractivity contribution in [1.82, 2.24) is 5.43 Å². The lowest BCUT2D eigenvalue weighted by molar-refractivity contribution is -0.134. The van der Waals surface area contributed by atoms with Crippen LogP contribution < -0.4 is 21.7 Å². The fourth-order valence-electron chi connectivity index (χ4n) is 1.05. The van der Waals surface area contributed by atoms with Crippen LogP contribution in [0.25, 0.3) is 0 Å². The summed E-state index contributed by atoms with van der Waals surface area (Å²) in [5.74, 6) is 5.21. The molecule has 0 aliphatic rings. The molecule has 0 radical (unpaired) electrons. The summed E-state index contributed by atoms with van der Waals surface area (Å²) in [6.45, 7) is 3.26. The van der Waals surface area contributed by atoms with Crippen molar-refractivity contribution >= 4 is 11.6 Å². The molecule has 5 N–H and O–H groups in total. The maximum atomic E-state index is 11.3. The fourth-order valence-corrected chi connectivity index (χ4v) is 1.05. The van der Waals surface area contributed by atoms with E-state index in [1.54, 1.807) is 38.1 Å². The summed E-state index contributed by atoms with van der Waals surface area (Å²) in [5, 5.41) is 0. The maximum Gasteiger partial charge on any atom is 0.277 e. The highest BCUT2D eigenvalue weighted by atomic mass is 16.5. The molecule has 0 aliphatic carbocycles. The first-order chi connectivity index (χ1) is 6.95. The van der Waals surface area contributed by atoms with E-state index in [9.17, 15) is 4.79 Å². The van der Waals surface area contributed by atoms with Gasteiger partial charge in [0.15, 0.2) is 5.60 Å². The van der Waals surface area contributed by atoms with E-state index in [2.05, 4.69) is 0 Å². The predicted octanol–water partition coefficient (Wildman–Crippen LogP) is 0.416. The van der Waals surface area contributed by atoms with Crippen molar-refractivity contribution in [3.8, 4) is 5.75 Å². The Bertz CT molecular complexity index is 346. The van der Waals surface area contributed by atoms with Gasteiger partial charge in [0, 0.05) is 5.69 Å². The summed E-state index contributed by atoms with van der Waals surface area (Å²) in [5.41, 5.74) is 7.20. The van der Waals surface area contributed by atoms with Crippen LogP contribution in [0.15, 0.2) is 24.3 Å². The molecule has 5 nitrogen and oxygen atoms in total. The van der Waals surface area contributed by atoms with Crippen molar-refractivity contribution in [1.29, 1.82) is 0 Å². The van der Waals surface area contributed by atoms with Gasteiger partial charge in [0.1, 0.15) is 5.75 Å². The number of nitrogens with two attached hydrogens (primary N) is 2. The molecule has 0 spiro atoms. The molecule has 15 heavy (non-hydrogen) atoms. The van der Waals surface area contributed by atoms with Gasteiger partial charge in [-0.3, -0.25) is 10.2 Å². The number of hydrogen-bond donors (Lipinski definition) is 3. The van der Waals surface area contributed by atoms with E-state index < -0.39 is 5.60 Å². The molecule has 0 atom stereocenters. The Labute approximate surface area is 88.4 Å². The standard InChI is InChI=1S/C10H15N3O2/c1-10(2,9(14)13-12)15-8-5-3-7(11)4-6-8/h3-6H,11-12H2,1-2H3,(H,13,14). The summed E-state index contributed by atoms with van der Waals surface area (Å²) in [6.07, 6.45) is 0. The van der Waals surface area contributed by atoms with Gasteiger partial charge < -0.3 is 10.5 Å². The number of benzene rings is 1. The zero-order valence-corrected chi connectivity index (χ0v) is 8.78. The van der Waals surface area contributed by atoms with Gasteiger partial charge in [0.2, 0.25) is 0 Å². The lowest BCUT2D eigenvalue weighted by Gasteiger charge is -2.24. The summed E-state index contributed by atoms with van der Waals surface area (Å²) in [6, 6.07) is 6.79. The third-order valence-corrected chi connectivity index (χ3v) is 1.93. The largest absolute Gasteiger partial charge is 0.478 e. The lowest BCUT2D eigenvalue weighted by atomic mass is 10.1. The normalized spacial score (nSPS) is 10.9. The van der Waals surface area contributed by atoms with Crippen LogP contribution in [0.1, 0.15) is 13.8 Å². The first kappa shape index (κ1) is 11.3. The Morgan fingerprint density at radius 2 is 1.87 bits per heavy atom. The van der Waals surface area contributed by atoms with Crippen LogP contribution in [-0.2, 0) is 4.79 Å². The molecule has 0 saturated heterocycles. The second-order valence-electron chi connectivity index (χ2n) is 3.65. The Kier molecular flexibility index (Phi) is 3.16. The quantitative estimate of drug-likeness (QED) is 0.291. The lowest BCUT2D eigenvalue weighted by Crippen LogP contribution is -2.49. The zero-order chi connectivity index (χ0) is 11.5. The van der Waals surface area contributed by atoms with E-state index in [0.29, 0.717) is 11.4 Å². The number of rotatable bonds is 3. The van der Waals surface area contributed by atoms with Gasteiger partial charge in [-0.25, -0.2) is 5.84 Å². The first-order valence-corrected chi connectivity index (χ1v) is 4.51. The molecule has 0 aliphatic heterocycles. The van der Waals surface area contributed by atoms with Crippen molar-refractivity contribution in [2.75, 3.05) is 5.73 Å². The summed E-state index contributed by atoms with van der Waals surface area (Å²) >= 11 is 0. The topological polar surface area (TPSA) is 90.4 Å². The highest BCUT2D eigenvalue weighted by Crippen LogP contribution is 2.19. The molecule has 1 amide bonds. The molecule has 0 aromatic heterocycles. The molecular formula is C10H15N3O2. The van der Waals surface area contributed by atoms with Crippen LogP contribution in [0.5, 0.6) is 5.75 Å². The van der Waals surface area contributed by atoms with E-state index in [1.165, 1.54) is 0 Å². The van der Waals surface area contributed by atoms with Crippen LogP contribution >= 0.6 is 0 Å². The molecule has 5 heteroatoms. The van der Waals surface area contributed by atoms with Crippen molar-refractivity contribution in [3.05, 3.63) is 24.3 Å². The van der Waals surface area contributed by atoms with Gasteiger partial charge >= 0.3 is 0 Å². The molecule has 1 aromatic carbocycles. The summed E-state index contributed by atoms with van der Waals surface area (Å²) in [7, 11) is 0. The van der Waals surface area contributed by atoms with Crippen LogP contribution in [0.3, 0.4) is 0 Å². The minimum Gasteiger partial charge on any atom is -0.478 e. The number of hydrazine groups is 1. The number of carbonyl (C=O) groups is 1. The van der Waals surface area contributed by atoms with Crippen LogP contribution in [0.4, 0.5) is 5.69 Å². The molecule has 0 fully saturated rings. The highest BCUT2D eigenvalue weighted by Gasteiger charge is 2.29. The van der Waals surface area contributed by atoms with Gasteiger partial charge in [0.05, 0.1) is 0 Å². The average Bonchev–Trinajstić information content (AvgIpc) is 2.20. The minimum atomic E-state index is -1.01. The Balaban J connectivity index is 2.77. The molecule has 0 saturated carbocycles. The zero-order valence-electron chi connectivity index (χ0n) is 8.78. The molecule has 0 heterocycles. The number of ether oxygens (including phenoxy) is 1. The van der Waals surface area contributed by atoms with Crippen LogP contribution in [0, 0.1) is 0 Å². The second kappa shape index (κ2) is 4.18. The van der Waals surface area contributed by atoms with Crippen molar-refractivity contribution in [2.24, 2.45) is 5.84 Å². The number of nitrogen functional groups attached to an aromatic ring is 1. The molecule has 82 valence electrons. The molecule has 0 unspecified atom stereocenters. The van der Waals surface area contributed by atoms with Gasteiger partial charge in [-0.2, -0.15) is 0 Å². The van der Waals surface area contributed by atoms with E-state index in [4.69, 9.17) is 16.3 Å². The van der Waals surface area contributed by atoms with E-state index in [0.717, 1.165) is 0 Å². The number of hydrogen-bond acceptors (Lipinski definition) is 4. The van der Waals surface area contributed by atoms with Gasteiger partial charge in [-0.1, -0.05) is 0 Å². The van der Waals surface area contributed by atoms with E-state index >= 15 is 0 Å². The number of carbonyl (C=O) groups excluding carboxylic acids is 1. The minimum absolute atomic E-state index is 0.390. The van der Waals surface area contributed by atoms with Crippen LogP contribution in [-0.4, -0.2) is 11.5 Å². The predicted molar refractivity (Wildman–Crippen MR) is 57.9 cm³/mol. The molecule has 1 aromatic rings. The summed E-state index contributed by atoms with van der Waals surface area (Å²) < 4.78 is 5.46. The maximum absolute atomic E-state index is 11.3. The van der Waals surface area contributed by atoms with Crippen molar-refractivity contribution < 1.29 is 9.53 Å². The van der Waals surface area contributed by atoms with Gasteiger partial charge in [-0.15, -0.1) is 0 Å². The molecule has 0 bridgehead atoms. The highest BCUT2D eigenvalue weighted by molar-refractivity contribution is 5.84. The monoisotopic (exact) mass is 209 g/mol. The summed E-state index contributed by atoms with van der Waals surface area (Å²) in [4.78, 5) is 11.3. The Morgan fingerprint density at radius 1 is 1.33 bits per heavy atom. The SMILES string of the molecule is CC(C)(Oc1ccc(N)cc1)C(=O)NN. The van der Waals surface area contributed by atoms with Crippen molar-refractivity contribution in [3.63, 3.8) is 0 Å². The Hall–Kier alpha value is -1.75. The van der Waals surface area contributed by atoms with E-state index in [1.807, 2.05) is 5.43 Å². The first-order valence-electron chi connectivity index (χ1n) is 4.51. The van der Waals surface area contributed by atoms with Gasteiger partial charge in [0.25, 0.3) is 5.91 Å². The number of anilines is 1.